The molecule has 1 aliphatic heterocycles. The molecular formula is C8H16N4O. The molecule has 0 aromatic heterocycles. The summed E-state index contributed by atoms with van der Waals surface area (Å²) in [6.45, 7) is 4.41. The summed E-state index contributed by atoms with van der Waals surface area (Å²) >= 11 is 0. The first-order chi connectivity index (χ1) is 6.27. The fraction of sp³-hybridized carbons (Fsp3) is 0.750. The van der Waals surface area contributed by atoms with Gasteiger partial charge in [0.25, 0.3) is 0 Å². The Balaban J connectivity index is 2.44. The van der Waals surface area contributed by atoms with Gasteiger partial charge in [0.2, 0.25) is 0 Å². The molecule has 0 saturated carbocycles. The van der Waals surface area contributed by atoms with Gasteiger partial charge in [0, 0.05) is 13.1 Å². The zero-order valence-electron chi connectivity index (χ0n) is 7.92. The van der Waals surface area contributed by atoms with Gasteiger partial charge in [0.1, 0.15) is 11.5 Å². The molecule has 0 amide bonds. The van der Waals surface area contributed by atoms with Gasteiger partial charge in [-0.3, -0.25) is 4.90 Å². The Hall–Kier alpha value is -1.10. The summed E-state index contributed by atoms with van der Waals surface area (Å²) in [6, 6.07) is 0. The Kier molecular flexibility index (Phi) is 3.70. The molecule has 0 radical (unpaired) electrons. The molecule has 1 heterocycles. The zero-order chi connectivity index (χ0) is 9.68. The second-order valence-corrected chi connectivity index (χ2v) is 3.19. The molecule has 5 nitrogen and oxygen atoms in total. The Bertz CT molecular complexity index is 214. The van der Waals surface area contributed by atoms with Crippen molar-refractivity contribution < 1.29 is 0 Å². The summed E-state index contributed by atoms with van der Waals surface area (Å²) in [5, 5.41) is 5.82. The van der Waals surface area contributed by atoms with Crippen molar-refractivity contribution in [3.05, 3.63) is 16.4 Å². The SMILES string of the molecule is CCCCN1CNC(N)=C(N=O)C1. The number of hydrogen-bond donors (Lipinski definition) is 2. The Morgan fingerprint density at radius 2 is 2.46 bits per heavy atom. The maximum absolute atomic E-state index is 10.3. The van der Waals surface area contributed by atoms with Crippen molar-refractivity contribution in [3.63, 3.8) is 0 Å². The zero-order valence-corrected chi connectivity index (χ0v) is 7.92. The number of rotatable bonds is 4. The first kappa shape index (κ1) is 9.98. The van der Waals surface area contributed by atoms with Crippen LogP contribution in [0.2, 0.25) is 0 Å². The van der Waals surface area contributed by atoms with Crippen LogP contribution in [0.5, 0.6) is 0 Å². The van der Waals surface area contributed by atoms with Crippen molar-refractivity contribution in [2.24, 2.45) is 10.9 Å². The predicted molar refractivity (Wildman–Crippen MR) is 51.5 cm³/mol. The molecular weight excluding hydrogens is 168 g/mol. The van der Waals surface area contributed by atoms with Crippen molar-refractivity contribution >= 4 is 0 Å². The molecule has 0 aromatic rings. The lowest BCUT2D eigenvalue weighted by molar-refractivity contribution is 0.260. The first-order valence-electron chi connectivity index (χ1n) is 4.56. The molecule has 74 valence electrons. The Labute approximate surface area is 77.9 Å². The van der Waals surface area contributed by atoms with E-state index < -0.39 is 0 Å². The Morgan fingerprint density at radius 1 is 1.69 bits per heavy atom. The van der Waals surface area contributed by atoms with Crippen LogP contribution in [0.3, 0.4) is 0 Å². The summed E-state index contributed by atoms with van der Waals surface area (Å²) in [5.41, 5.74) is 5.95. The lowest BCUT2D eigenvalue weighted by atomic mass is 10.3. The molecule has 0 saturated heterocycles. The maximum Gasteiger partial charge on any atom is 0.139 e. The van der Waals surface area contributed by atoms with Gasteiger partial charge >= 0.3 is 0 Å². The highest BCUT2D eigenvalue weighted by Gasteiger charge is 2.16. The summed E-state index contributed by atoms with van der Waals surface area (Å²) < 4.78 is 0. The van der Waals surface area contributed by atoms with Gasteiger partial charge in [-0.05, 0) is 11.6 Å². The van der Waals surface area contributed by atoms with Crippen LogP contribution in [0.25, 0.3) is 0 Å². The van der Waals surface area contributed by atoms with Crippen LogP contribution in [-0.2, 0) is 0 Å². The molecule has 5 heteroatoms. The number of nitrogens with two attached hydrogens (primary N) is 1. The van der Waals surface area contributed by atoms with Crippen molar-refractivity contribution in [2.75, 3.05) is 19.8 Å². The minimum atomic E-state index is 0.419. The van der Waals surface area contributed by atoms with E-state index >= 15 is 0 Å². The lowest BCUT2D eigenvalue weighted by Gasteiger charge is -2.27. The third kappa shape index (κ3) is 2.69. The predicted octanol–water partition coefficient (Wildman–Crippen LogP) is 0.543. The largest absolute Gasteiger partial charge is 0.384 e. The number of unbranched alkanes of at least 4 members (excludes halogenated alkanes) is 1. The van der Waals surface area contributed by atoms with Crippen LogP contribution in [0, 0.1) is 4.91 Å². The topological polar surface area (TPSA) is 70.7 Å². The third-order valence-corrected chi connectivity index (χ3v) is 2.12. The molecule has 0 aromatic carbocycles. The monoisotopic (exact) mass is 184 g/mol. The molecule has 3 N–H and O–H groups in total. The summed E-state index contributed by atoms with van der Waals surface area (Å²) in [6.07, 6.45) is 2.28. The highest BCUT2D eigenvalue weighted by atomic mass is 16.3. The molecule has 0 bridgehead atoms. The van der Waals surface area contributed by atoms with E-state index in [0.29, 0.717) is 24.7 Å². The van der Waals surface area contributed by atoms with Crippen LogP contribution in [0.15, 0.2) is 16.7 Å². The van der Waals surface area contributed by atoms with E-state index in [4.69, 9.17) is 5.73 Å². The van der Waals surface area contributed by atoms with E-state index in [1.807, 2.05) is 0 Å². The standard InChI is InChI=1S/C8H16N4O/c1-2-3-4-12-5-7(11-13)8(9)10-6-12/h10H,2-6,9H2,1H3. The van der Waals surface area contributed by atoms with Gasteiger partial charge in [0.05, 0.1) is 6.67 Å². The van der Waals surface area contributed by atoms with Gasteiger partial charge in [-0.15, -0.1) is 4.91 Å². The third-order valence-electron chi connectivity index (χ3n) is 2.12. The van der Waals surface area contributed by atoms with E-state index in [2.05, 4.69) is 22.3 Å². The van der Waals surface area contributed by atoms with Crippen molar-refractivity contribution in [1.29, 1.82) is 0 Å². The van der Waals surface area contributed by atoms with Crippen molar-refractivity contribution in [2.45, 2.75) is 19.8 Å². The first-order valence-corrected chi connectivity index (χ1v) is 4.56. The van der Waals surface area contributed by atoms with Gasteiger partial charge < -0.3 is 11.1 Å². The fourth-order valence-electron chi connectivity index (χ4n) is 1.27. The van der Waals surface area contributed by atoms with E-state index in [1.54, 1.807) is 0 Å². The molecule has 1 aliphatic rings. The second kappa shape index (κ2) is 4.81. The molecule has 0 aliphatic carbocycles. The number of nitroso groups, excluding NO2 is 1. The Morgan fingerprint density at radius 3 is 3.08 bits per heavy atom. The quantitative estimate of drug-likeness (QED) is 0.626. The summed E-state index contributed by atoms with van der Waals surface area (Å²) in [7, 11) is 0. The molecule has 13 heavy (non-hydrogen) atoms. The van der Waals surface area contributed by atoms with Gasteiger partial charge in [-0.25, -0.2) is 0 Å². The van der Waals surface area contributed by atoms with Crippen LogP contribution in [0.4, 0.5) is 0 Å². The van der Waals surface area contributed by atoms with E-state index in [-0.39, 0.29) is 0 Å². The van der Waals surface area contributed by atoms with Crippen LogP contribution >= 0.6 is 0 Å². The van der Waals surface area contributed by atoms with Crippen molar-refractivity contribution in [3.8, 4) is 0 Å². The van der Waals surface area contributed by atoms with E-state index in [1.165, 1.54) is 0 Å². The maximum atomic E-state index is 10.3. The molecule has 0 atom stereocenters. The normalized spacial score (nSPS) is 18.5. The summed E-state index contributed by atoms with van der Waals surface area (Å²) in [4.78, 5) is 12.5. The highest BCUT2D eigenvalue weighted by Crippen LogP contribution is 2.08. The van der Waals surface area contributed by atoms with Gasteiger partial charge in [-0.2, -0.15) is 0 Å². The number of nitrogens with zero attached hydrogens (tertiary/aromatic N) is 2. The van der Waals surface area contributed by atoms with Crippen LogP contribution in [-0.4, -0.2) is 24.7 Å². The van der Waals surface area contributed by atoms with E-state index in [0.717, 1.165) is 19.4 Å². The number of nitrogens with one attached hydrogen (secondary N) is 1. The van der Waals surface area contributed by atoms with Crippen LogP contribution in [0.1, 0.15) is 19.8 Å². The second-order valence-electron chi connectivity index (χ2n) is 3.19. The van der Waals surface area contributed by atoms with Gasteiger partial charge in [0.15, 0.2) is 0 Å². The molecule has 1 rings (SSSR count). The minimum absolute atomic E-state index is 0.419. The smallest absolute Gasteiger partial charge is 0.139 e. The molecule has 0 spiro atoms. The lowest BCUT2D eigenvalue weighted by Crippen LogP contribution is -2.43. The minimum Gasteiger partial charge on any atom is -0.384 e. The molecule has 0 fully saturated rings. The number of hydrogen-bond acceptors (Lipinski definition) is 5. The van der Waals surface area contributed by atoms with Crippen molar-refractivity contribution in [1.82, 2.24) is 10.2 Å². The average molecular weight is 184 g/mol. The summed E-state index contributed by atoms with van der Waals surface area (Å²) in [5.74, 6) is 0.419. The highest BCUT2D eigenvalue weighted by molar-refractivity contribution is 5.12. The van der Waals surface area contributed by atoms with Gasteiger partial charge in [-0.1, -0.05) is 13.3 Å². The van der Waals surface area contributed by atoms with E-state index in [9.17, 15) is 4.91 Å². The molecule has 0 unspecified atom stereocenters. The average Bonchev–Trinajstić information content (AvgIpc) is 2.16. The fourth-order valence-corrected chi connectivity index (χ4v) is 1.27. The van der Waals surface area contributed by atoms with Crippen LogP contribution < -0.4 is 11.1 Å².